The fraction of sp³-hybridized carbons (Fsp3) is 0.455. The molecule has 0 aromatic carbocycles. The molecule has 0 aliphatic heterocycles. The fourth-order valence-electron chi connectivity index (χ4n) is 1.22. The lowest BCUT2D eigenvalue weighted by Crippen LogP contribution is -2.35. The van der Waals surface area contributed by atoms with Crippen LogP contribution in [0.3, 0.4) is 0 Å². The second-order valence-electron chi connectivity index (χ2n) is 3.43. The summed E-state index contributed by atoms with van der Waals surface area (Å²) in [6, 6.07) is 3.41. The largest absolute Gasteiger partial charge is 0.479 e. The third-order valence-electron chi connectivity index (χ3n) is 2.22. The summed E-state index contributed by atoms with van der Waals surface area (Å²) in [5, 5.41) is 9.16. The van der Waals surface area contributed by atoms with Crippen molar-refractivity contribution >= 4 is 5.97 Å². The van der Waals surface area contributed by atoms with E-state index in [2.05, 4.69) is 4.98 Å². The van der Waals surface area contributed by atoms with Crippen LogP contribution in [0.1, 0.15) is 25.8 Å². The molecule has 0 saturated heterocycles. The molecule has 0 saturated carbocycles. The highest BCUT2D eigenvalue weighted by Gasteiger charge is 2.36. The van der Waals surface area contributed by atoms with Crippen LogP contribution in [0.25, 0.3) is 0 Å². The number of nitrogens with zero attached hydrogens (tertiary/aromatic N) is 1. The van der Waals surface area contributed by atoms with E-state index in [9.17, 15) is 4.79 Å². The number of carbonyl (C=O) groups is 1. The van der Waals surface area contributed by atoms with E-state index in [4.69, 9.17) is 9.84 Å². The number of ether oxygens (including phenoxy) is 1. The van der Waals surface area contributed by atoms with Crippen molar-refractivity contribution in [3.63, 3.8) is 0 Å². The maximum absolute atomic E-state index is 11.2. The Hall–Kier alpha value is -1.42. The van der Waals surface area contributed by atoms with Crippen LogP contribution in [0.4, 0.5) is 0 Å². The molecule has 0 radical (unpaired) electrons. The second kappa shape index (κ2) is 4.89. The van der Waals surface area contributed by atoms with Crippen LogP contribution in [0.5, 0.6) is 0 Å². The molecule has 0 spiro atoms. The van der Waals surface area contributed by atoms with E-state index in [1.807, 2.05) is 6.92 Å². The Balaban J connectivity index is 2.96. The molecule has 1 rings (SSSR count). The highest BCUT2D eigenvalue weighted by molar-refractivity contribution is 5.78. The van der Waals surface area contributed by atoms with Crippen LogP contribution in [-0.4, -0.2) is 22.7 Å². The Morgan fingerprint density at radius 2 is 2.40 bits per heavy atom. The third kappa shape index (κ3) is 2.53. The van der Waals surface area contributed by atoms with Gasteiger partial charge in [-0.05, 0) is 19.4 Å². The molecular formula is C11H15NO3. The Kier molecular flexibility index (Phi) is 3.80. The maximum atomic E-state index is 11.2. The van der Waals surface area contributed by atoms with Gasteiger partial charge in [0.25, 0.3) is 0 Å². The molecule has 0 fully saturated rings. The minimum atomic E-state index is -1.30. The summed E-state index contributed by atoms with van der Waals surface area (Å²) in [6.45, 7) is 3.89. The minimum Gasteiger partial charge on any atom is -0.479 e. The van der Waals surface area contributed by atoms with Gasteiger partial charge in [0, 0.05) is 24.6 Å². The third-order valence-corrected chi connectivity index (χ3v) is 2.22. The van der Waals surface area contributed by atoms with Gasteiger partial charge in [0.2, 0.25) is 0 Å². The summed E-state index contributed by atoms with van der Waals surface area (Å²) in [6.07, 6.45) is 3.90. The molecule has 4 heteroatoms. The molecule has 0 amide bonds. The molecule has 0 bridgehead atoms. The van der Waals surface area contributed by atoms with E-state index < -0.39 is 11.6 Å². The molecule has 15 heavy (non-hydrogen) atoms. The van der Waals surface area contributed by atoms with Gasteiger partial charge in [-0.15, -0.1) is 0 Å². The summed E-state index contributed by atoms with van der Waals surface area (Å²) in [5.41, 5.74) is -0.740. The highest BCUT2D eigenvalue weighted by Crippen LogP contribution is 2.25. The van der Waals surface area contributed by atoms with Crippen LogP contribution in [0.15, 0.2) is 24.5 Å². The van der Waals surface area contributed by atoms with Gasteiger partial charge in [-0.2, -0.15) is 0 Å². The second-order valence-corrected chi connectivity index (χ2v) is 3.43. The molecule has 0 aliphatic carbocycles. The summed E-state index contributed by atoms with van der Waals surface area (Å²) in [7, 11) is 0. The van der Waals surface area contributed by atoms with E-state index in [0.29, 0.717) is 12.2 Å². The van der Waals surface area contributed by atoms with Crippen LogP contribution in [0.2, 0.25) is 0 Å². The summed E-state index contributed by atoms with van der Waals surface area (Å²) in [5.74, 6) is -0.996. The van der Waals surface area contributed by atoms with Crippen LogP contribution in [-0.2, 0) is 15.1 Å². The topological polar surface area (TPSA) is 59.4 Å². The minimum absolute atomic E-state index is 0.414. The molecule has 4 nitrogen and oxygen atoms in total. The predicted molar refractivity (Wildman–Crippen MR) is 55.5 cm³/mol. The van der Waals surface area contributed by atoms with Gasteiger partial charge in [-0.25, -0.2) is 4.79 Å². The van der Waals surface area contributed by atoms with Gasteiger partial charge in [0.05, 0.1) is 0 Å². The lowest BCUT2D eigenvalue weighted by molar-refractivity contribution is -0.165. The normalized spacial score (nSPS) is 14.5. The van der Waals surface area contributed by atoms with E-state index in [1.165, 1.54) is 6.20 Å². The van der Waals surface area contributed by atoms with Gasteiger partial charge in [-0.1, -0.05) is 13.0 Å². The monoisotopic (exact) mass is 209 g/mol. The van der Waals surface area contributed by atoms with E-state index >= 15 is 0 Å². The van der Waals surface area contributed by atoms with Crippen LogP contribution < -0.4 is 0 Å². The number of hydrogen-bond acceptors (Lipinski definition) is 3. The van der Waals surface area contributed by atoms with Crippen LogP contribution >= 0.6 is 0 Å². The van der Waals surface area contributed by atoms with Crippen molar-refractivity contribution in [2.45, 2.75) is 25.9 Å². The fourth-order valence-corrected chi connectivity index (χ4v) is 1.22. The van der Waals surface area contributed by atoms with Crippen molar-refractivity contribution in [1.29, 1.82) is 0 Å². The van der Waals surface area contributed by atoms with Crippen molar-refractivity contribution in [3.05, 3.63) is 30.1 Å². The molecule has 1 aromatic heterocycles. The number of hydrogen-bond donors (Lipinski definition) is 1. The van der Waals surface area contributed by atoms with Gasteiger partial charge in [-0.3, -0.25) is 4.98 Å². The van der Waals surface area contributed by atoms with Crippen molar-refractivity contribution in [3.8, 4) is 0 Å². The lowest BCUT2D eigenvalue weighted by atomic mass is 9.98. The zero-order valence-corrected chi connectivity index (χ0v) is 8.93. The van der Waals surface area contributed by atoms with Gasteiger partial charge >= 0.3 is 5.97 Å². The van der Waals surface area contributed by atoms with Crippen molar-refractivity contribution in [2.24, 2.45) is 0 Å². The van der Waals surface area contributed by atoms with Crippen molar-refractivity contribution in [2.75, 3.05) is 6.61 Å². The standard InChI is InChI=1S/C11H15NO3/c1-3-7-15-11(2,10(13)14)9-5-4-6-12-8-9/h4-6,8H,3,7H2,1-2H3,(H,13,14). The molecular weight excluding hydrogens is 194 g/mol. The average molecular weight is 209 g/mol. The van der Waals surface area contributed by atoms with Gasteiger partial charge in [0.15, 0.2) is 5.60 Å². The lowest BCUT2D eigenvalue weighted by Gasteiger charge is -2.25. The number of carboxylic acids is 1. The number of pyridine rings is 1. The first-order valence-corrected chi connectivity index (χ1v) is 4.89. The average Bonchev–Trinajstić information content (AvgIpc) is 2.27. The van der Waals surface area contributed by atoms with E-state index in [-0.39, 0.29) is 0 Å². The zero-order valence-electron chi connectivity index (χ0n) is 8.93. The quantitative estimate of drug-likeness (QED) is 0.803. The predicted octanol–water partition coefficient (Wildman–Crippen LogP) is 1.81. The number of aliphatic carboxylic acids is 1. The molecule has 82 valence electrons. The number of aromatic nitrogens is 1. The highest BCUT2D eigenvalue weighted by atomic mass is 16.5. The first-order chi connectivity index (χ1) is 7.11. The Labute approximate surface area is 88.9 Å². The summed E-state index contributed by atoms with van der Waals surface area (Å²) >= 11 is 0. The number of rotatable bonds is 5. The molecule has 1 N–H and O–H groups in total. The van der Waals surface area contributed by atoms with Crippen molar-refractivity contribution < 1.29 is 14.6 Å². The Morgan fingerprint density at radius 3 is 2.87 bits per heavy atom. The zero-order chi connectivity index (χ0) is 11.3. The number of carboxylic acid groups (broad SMARTS) is 1. The van der Waals surface area contributed by atoms with E-state index in [0.717, 1.165) is 6.42 Å². The SMILES string of the molecule is CCCOC(C)(C(=O)O)c1cccnc1. The maximum Gasteiger partial charge on any atom is 0.340 e. The van der Waals surface area contributed by atoms with Gasteiger partial charge < -0.3 is 9.84 Å². The molecule has 1 unspecified atom stereocenters. The summed E-state index contributed by atoms with van der Waals surface area (Å²) in [4.78, 5) is 15.1. The molecule has 1 heterocycles. The van der Waals surface area contributed by atoms with Gasteiger partial charge in [0.1, 0.15) is 0 Å². The smallest absolute Gasteiger partial charge is 0.340 e. The first kappa shape index (κ1) is 11.7. The van der Waals surface area contributed by atoms with E-state index in [1.54, 1.807) is 25.3 Å². The molecule has 0 aliphatic rings. The van der Waals surface area contributed by atoms with Crippen LogP contribution in [0, 0.1) is 0 Å². The molecule has 1 atom stereocenters. The Morgan fingerprint density at radius 1 is 1.67 bits per heavy atom. The first-order valence-electron chi connectivity index (χ1n) is 4.89. The summed E-state index contributed by atoms with van der Waals surface area (Å²) < 4.78 is 5.39. The van der Waals surface area contributed by atoms with Crippen molar-refractivity contribution in [1.82, 2.24) is 4.98 Å². The molecule has 1 aromatic rings. The Bertz CT molecular complexity index is 326.